The van der Waals surface area contributed by atoms with Crippen LogP contribution < -0.4 is 5.32 Å². The highest BCUT2D eigenvalue weighted by molar-refractivity contribution is 7.98. The molecule has 1 N–H and O–H groups in total. The zero-order valence-electron chi connectivity index (χ0n) is 14.2. The lowest BCUT2D eigenvalue weighted by molar-refractivity contribution is 0.0995. The third-order valence-corrected chi connectivity index (χ3v) is 5.78. The van der Waals surface area contributed by atoms with E-state index in [1.807, 2.05) is 42.9 Å². The number of carbonyl (C=O) groups is 1. The lowest BCUT2D eigenvalue weighted by Crippen LogP contribution is -2.10. The fourth-order valence-corrected chi connectivity index (χ4v) is 4.23. The number of benzene rings is 1. The minimum atomic E-state index is -0.297. The first-order chi connectivity index (χ1) is 12.6. The molecule has 26 heavy (non-hydrogen) atoms. The number of hydrogen-bond acceptors (Lipinski definition) is 6. The molecule has 0 aliphatic heterocycles. The maximum Gasteiger partial charge on any atom is 0.293 e. The van der Waals surface area contributed by atoms with Crippen molar-refractivity contribution in [2.75, 3.05) is 5.32 Å². The number of rotatable bonds is 5. The molecule has 4 aromatic rings. The number of aromatic nitrogens is 3. The Morgan fingerprint density at radius 2 is 2.23 bits per heavy atom. The lowest BCUT2D eigenvalue weighted by atomic mass is 10.2. The molecule has 0 spiro atoms. The Morgan fingerprint density at radius 1 is 1.35 bits per heavy atom. The topological polar surface area (TPSA) is 73.0 Å². The van der Waals surface area contributed by atoms with Crippen molar-refractivity contribution < 1.29 is 9.21 Å². The summed E-state index contributed by atoms with van der Waals surface area (Å²) in [5.74, 6) is 1.31. The van der Waals surface area contributed by atoms with Crippen LogP contribution >= 0.6 is 23.1 Å². The molecule has 0 fully saturated rings. The molecule has 0 radical (unpaired) electrons. The van der Waals surface area contributed by atoms with E-state index >= 15 is 0 Å². The van der Waals surface area contributed by atoms with E-state index in [1.165, 1.54) is 16.9 Å². The summed E-state index contributed by atoms with van der Waals surface area (Å²) in [5, 5.41) is 4.28. The van der Waals surface area contributed by atoms with Gasteiger partial charge in [0, 0.05) is 19.4 Å². The molecular weight excluding hydrogens is 368 g/mol. The van der Waals surface area contributed by atoms with E-state index in [-0.39, 0.29) is 11.7 Å². The summed E-state index contributed by atoms with van der Waals surface area (Å²) >= 11 is 3.01. The average Bonchev–Trinajstić information content (AvgIpc) is 3.32. The number of imidazole rings is 1. The van der Waals surface area contributed by atoms with Crippen LogP contribution in [0.4, 0.5) is 5.13 Å². The molecule has 0 saturated carbocycles. The van der Waals surface area contributed by atoms with E-state index in [4.69, 9.17) is 4.42 Å². The van der Waals surface area contributed by atoms with E-state index < -0.39 is 0 Å². The van der Waals surface area contributed by atoms with Crippen LogP contribution in [0.3, 0.4) is 0 Å². The highest BCUT2D eigenvalue weighted by Crippen LogP contribution is 2.27. The van der Waals surface area contributed by atoms with Gasteiger partial charge in [-0.15, -0.1) is 0 Å². The van der Waals surface area contributed by atoms with Crippen molar-refractivity contribution in [1.82, 2.24) is 14.5 Å². The van der Waals surface area contributed by atoms with Crippen molar-refractivity contribution in [3.63, 3.8) is 0 Å². The molecule has 0 bridgehead atoms. The van der Waals surface area contributed by atoms with E-state index in [0.29, 0.717) is 10.9 Å². The summed E-state index contributed by atoms with van der Waals surface area (Å²) in [6, 6.07) is 9.51. The van der Waals surface area contributed by atoms with Gasteiger partial charge in [-0.2, -0.15) is 0 Å². The van der Waals surface area contributed by atoms with Gasteiger partial charge in [0.2, 0.25) is 0 Å². The molecule has 0 aliphatic carbocycles. The maximum absolute atomic E-state index is 12.4. The Kier molecular flexibility index (Phi) is 4.52. The molecule has 1 amide bonds. The Morgan fingerprint density at radius 3 is 3.04 bits per heavy atom. The minimum absolute atomic E-state index is 0.274. The SMILES string of the molecule is Cc1ccc2nc(NC(=O)c3ccc(CSc4nccn4C)o3)sc2c1. The Labute approximate surface area is 158 Å². The molecule has 3 aromatic heterocycles. The van der Waals surface area contributed by atoms with Gasteiger partial charge in [0.05, 0.1) is 16.0 Å². The number of aryl methyl sites for hydroxylation is 2. The number of anilines is 1. The molecule has 0 unspecified atom stereocenters. The summed E-state index contributed by atoms with van der Waals surface area (Å²) in [7, 11) is 1.94. The predicted molar refractivity (Wildman–Crippen MR) is 104 cm³/mol. The van der Waals surface area contributed by atoms with Crippen LogP contribution in [0.1, 0.15) is 21.9 Å². The molecule has 3 heterocycles. The summed E-state index contributed by atoms with van der Waals surface area (Å²) in [6.07, 6.45) is 3.64. The van der Waals surface area contributed by atoms with Crippen molar-refractivity contribution >= 4 is 44.4 Å². The molecule has 0 saturated heterocycles. The highest BCUT2D eigenvalue weighted by Gasteiger charge is 2.14. The molecule has 4 rings (SSSR count). The molecule has 6 nitrogen and oxygen atoms in total. The maximum atomic E-state index is 12.4. The number of carbonyl (C=O) groups excluding carboxylic acids is 1. The first-order valence-electron chi connectivity index (χ1n) is 7.96. The predicted octanol–water partition coefficient (Wildman–Crippen LogP) is 4.48. The number of nitrogens with one attached hydrogen (secondary N) is 1. The zero-order chi connectivity index (χ0) is 18.1. The molecule has 1 aromatic carbocycles. The van der Waals surface area contributed by atoms with Gasteiger partial charge < -0.3 is 8.98 Å². The van der Waals surface area contributed by atoms with Gasteiger partial charge in [-0.05, 0) is 36.8 Å². The lowest BCUT2D eigenvalue weighted by Gasteiger charge is -2.00. The summed E-state index contributed by atoms with van der Waals surface area (Å²) in [5.41, 5.74) is 2.04. The number of amides is 1. The fourth-order valence-electron chi connectivity index (χ4n) is 2.45. The van der Waals surface area contributed by atoms with Crippen LogP contribution in [-0.2, 0) is 12.8 Å². The van der Waals surface area contributed by atoms with Crippen molar-refractivity contribution in [3.8, 4) is 0 Å². The van der Waals surface area contributed by atoms with E-state index in [2.05, 4.69) is 21.4 Å². The summed E-state index contributed by atoms with van der Waals surface area (Å²) < 4.78 is 8.64. The van der Waals surface area contributed by atoms with Crippen LogP contribution in [0.5, 0.6) is 0 Å². The third-order valence-electron chi connectivity index (χ3n) is 3.77. The number of fused-ring (bicyclic) bond motifs is 1. The monoisotopic (exact) mass is 384 g/mol. The van der Waals surface area contributed by atoms with Crippen LogP contribution in [0.15, 0.2) is 52.3 Å². The first kappa shape index (κ1) is 16.9. The minimum Gasteiger partial charge on any atom is -0.455 e. The second kappa shape index (κ2) is 6.97. The van der Waals surface area contributed by atoms with E-state index in [9.17, 15) is 4.79 Å². The molecule has 132 valence electrons. The Bertz CT molecular complexity index is 1080. The van der Waals surface area contributed by atoms with Gasteiger partial charge in [0.25, 0.3) is 5.91 Å². The van der Waals surface area contributed by atoms with E-state index in [1.54, 1.807) is 24.0 Å². The first-order valence-corrected chi connectivity index (χ1v) is 9.76. The van der Waals surface area contributed by atoms with Crippen molar-refractivity contribution in [1.29, 1.82) is 0 Å². The number of nitrogens with zero attached hydrogens (tertiary/aromatic N) is 3. The highest BCUT2D eigenvalue weighted by atomic mass is 32.2. The standard InChI is InChI=1S/C18H16N4O2S2/c1-11-3-5-13-15(9-11)26-17(20-13)21-16(23)14-6-4-12(24-14)10-25-18-19-7-8-22(18)2/h3-9H,10H2,1-2H3,(H,20,21,23). The van der Waals surface area contributed by atoms with Gasteiger partial charge in [-0.3, -0.25) is 10.1 Å². The number of hydrogen-bond donors (Lipinski definition) is 1. The number of furan rings is 1. The van der Waals surface area contributed by atoms with Crippen LogP contribution in [0, 0.1) is 6.92 Å². The van der Waals surface area contributed by atoms with Gasteiger partial charge in [-0.1, -0.05) is 29.2 Å². The quantitative estimate of drug-likeness (QED) is 0.514. The van der Waals surface area contributed by atoms with Gasteiger partial charge in [0.1, 0.15) is 5.76 Å². The Hall–Kier alpha value is -2.58. The number of thioether (sulfide) groups is 1. The molecule has 0 aliphatic rings. The Balaban J connectivity index is 1.43. The molecule has 0 atom stereocenters. The van der Waals surface area contributed by atoms with Crippen molar-refractivity contribution in [3.05, 3.63) is 59.8 Å². The van der Waals surface area contributed by atoms with Gasteiger partial charge in [-0.25, -0.2) is 9.97 Å². The summed E-state index contributed by atoms with van der Waals surface area (Å²) in [4.78, 5) is 21.1. The fraction of sp³-hybridized carbons (Fsp3) is 0.167. The molecule has 8 heteroatoms. The normalized spacial score (nSPS) is 11.2. The van der Waals surface area contributed by atoms with Gasteiger partial charge in [0.15, 0.2) is 16.0 Å². The van der Waals surface area contributed by atoms with Crippen LogP contribution in [0.25, 0.3) is 10.2 Å². The molecular formula is C18H16N4O2S2. The second-order valence-electron chi connectivity index (χ2n) is 5.82. The van der Waals surface area contributed by atoms with Crippen molar-refractivity contribution in [2.24, 2.45) is 7.05 Å². The summed E-state index contributed by atoms with van der Waals surface area (Å²) in [6.45, 7) is 2.03. The van der Waals surface area contributed by atoms with Crippen molar-refractivity contribution in [2.45, 2.75) is 17.8 Å². The van der Waals surface area contributed by atoms with Gasteiger partial charge >= 0.3 is 0 Å². The van der Waals surface area contributed by atoms with E-state index in [0.717, 1.165) is 21.1 Å². The average molecular weight is 384 g/mol. The van der Waals surface area contributed by atoms with Crippen LogP contribution in [-0.4, -0.2) is 20.4 Å². The smallest absolute Gasteiger partial charge is 0.293 e. The second-order valence-corrected chi connectivity index (χ2v) is 7.79. The largest absolute Gasteiger partial charge is 0.455 e. The number of thiazole rings is 1. The third kappa shape index (κ3) is 3.51. The zero-order valence-corrected chi connectivity index (χ0v) is 15.9. The van der Waals surface area contributed by atoms with Crippen LogP contribution in [0.2, 0.25) is 0 Å².